The molecule has 0 atom stereocenters. The first kappa shape index (κ1) is 15.0. The summed E-state index contributed by atoms with van der Waals surface area (Å²) in [5.41, 5.74) is 7.98. The second-order valence-electron chi connectivity index (χ2n) is 6.76. The van der Waals surface area contributed by atoms with Crippen molar-refractivity contribution in [2.75, 3.05) is 0 Å². The number of nitrogens with zero attached hydrogens (tertiary/aromatic N) is 1. The second-order valence-corrected chi connectivity index (χ2v) is 7.20. The molecule has 1 nitrogen and oxygen atoms in total. The maximum Gasteiger partial charge on any atom is 0.0991 e. The first-order chi connectivity index (χ1) is 11.5. The summed E-state index contributed by atoms with van der Waals surface area (Å²) in [6.45, 7) is 4.45. The highest BCUT2D eigenvalue weighted by atomic mass is 35.5. The molecule has 0 aliphatic heterocycles. The van der Waals surface area contributed by atoms with Gasteiger partial charge in [0.25, 0.3) is 0 Å². The van der Waals surface area contributed by atoms with Crippen LogP contribution in [-0.2, 0) is 5.41 Å². The van der Waals surface area contributed by atoms with Crippen LogP contribution in [-0.4, -0.2) is 0 Å². The van der Waals surface area contributed by atoms with Crippen molar-refractivity contribution in [2.24, 2.45) is 0 Å². The van der Waals surface area contributed by atoms with Crippen molar-refractivity contribution in [3.05, 3.63) is 82.4 Å². The van der Waals surface area contributed by atoms with Crippen LogP contribution >= 0.6 is 11.6 Å². The maximum atomic E-state index is 9.21. The van der Waals surface area contributed by atoms with E-state index >= 15 is 0 Å². The first-order valence-electron chi connectivity index (χ1n) is 7.96. The van der Waals surface area contributed by atoms with Crippen LogP contribution in [0, 0.1) is 11.3 Å². The largest absolute Gasteiger partial charge is 0.192 e. The summed E-state index contributed by atoms with van der Waals surface area (Å²) in [6, 6.07) is 22.8. The Bertz CT molecular complexity index is 991. The minimum absolute atomic E-state index is 0.111. The van der Waals surface area contributed by atoms with Crippen LogP contribution in [0.2, 0.25) is 5.02 Å². The van der Waals surface area contributed by atoms with E-state index in [0.717, 1.165) is 10.6 Å². The SMILES string of the molecule is CC1(C)c2cc(C#N)ccc2-c2ccc(-c3ccc(Cl)cc3)cc21. The molecule has 2 heteroatoms. The number of halogens is 1. The highest BCUT2D eigenvalue weighted by Crippen LogP contribution is 2.49. The molecule has 0 saturated carbocycles. The molecule has 0 heterocycles. The summed E-state index contributed by atoms with van der Waals surface area (Å²) >= 11 is 6.00. The summed E-state index contributed by atoms with van der Waals surface area (Å²) < 4.78 is 0. The number of hydrogen-bond acceptors (Lipinski definition) is 1. The van der Waals surface area contributed by atoms with Crippen molar-refractivity contribution in [2.45, 2.75) is 19.3 Å². The van der Waals surface area contributed by atoms with E-state index in [1.807, 2.05) is 36.4 Å². The second kappa shape index (κ2) is 5.23. The van der Waals surface area contributed by atoms with Crippen molar-refractivity contribution in [3.8, 4) is 28.3 Å². The molecule has 0 spiro atoms. The number of hydrogen-bond donors (Lipinski definition) is 0. The smallest absolute Gasteiger partial charge is 0.0991 e. The molecule has 0 N–H and O–H groups in total. The predicted molar refractivity (Wildman–Crippen MR) is 99.2 cm³/mol. The van der Waals surface area contributed by atoms with Gasteiger partial charge in [-0.3, -0.25) is 0 Å². The summed E-state index contributed by atoms with van der Waals surface area (Å²) in [4.78, 5) is 0. The van der Waals surface area contributed by atoms with E-state index in [9.17, 15) is 5.26 Å². The lowest BCUT2D eigenvalue weighted by Crippen LogP contribution is -2.15. The molecule has 0 bridgehead atoms. The van der Waals surface area contributed by atoms with Crippen molar-refractivity contribution in [3.63, 3.8) is 0 Å². The third-order valence-corrected chi connectivity index (χ3v) is 5.23. The Morgan fingerprint density at radius 3 is 2.04 bits per heavy atom. The molecule has 4 rings (SSSR count). The predicted octanol–water partition coefficient (Wildman–Crippen LogP) is 6.18. The standard InChI is InChI=1S/C22H16ClN/c1-22(2)20-11-14(13-24)3-9-18(20)19-10-6-16(12-21(19)22)15-4-7-17(23)8-5-15/h3-12H,1-2H3. The summed E-state index contributed by atoms with van der Waals surface area (Å²) in [5, 5.41) is 9.96. The number of nitriles is 1. The summed E-state index contributed by atoms with van der Waals surface area (Å²) in [5.74, 6) is 0. The fraction of sp³-hybridized carbons (Fsp3) is 0.136. The molecule has 0 aromatic heterocycles. The van der Waals surface area contributed by atoms with Gasteiger partial charge in [0.2, 0.25) is 0 Å². The Labute approximate surface area is 147 Å². The normalized spacial score (nSPS) is 13.9. The Kier molecular flexibility index (Phi) is 3.27. The average molecular weight is 330 g/mol. The lowest BCUT2D eigenvalue weighted by Gasteiger charge is -2.22. The highest BCUT2D eigenvalue weighted by Gasteiger charge is 2.35. The minimum Gasteiger partial charge on any atom is -0.192 e. The molecule has 24 heavy (non-hydrogen) atoms. The van der Waals surface area contributed by atoms with Crippen LogP contribution in [0.4, 0.5) is 0 Å². The molecule has 3 aromatic carbocycles. The number of rotatable bonds is 1. The van der Waals surface area contributed by atoms with Gasteiger partial charge in [-0.05, 0) is 63.7 Å². The molecule has 116 valence electrons. The molecule has 0 saturated heterocycles. The zero-order valence-electron chi connectivity index (χ0n) is 13.6. The van der Waals surface area contributed by atoms with Crippen LogP contribution in [0.5, 0.6) is 0 Å². The summed E-state index contributed by atoms with van der Waals surface area (Å²) in [6.07, 6.45) is 0. The van der Waals surface area contributed by atoms with Gasteiger partial charge in [-0.2, -0.15) is 5.26 Å². The fourth-order valence-electron chi connectivity index (χ4n) is 3.63. The Balaban J connectivity index is 1.89. The minimum atomic E-state index is -0.111. The molecule has 3 aromatic rings. The molecule has 1 aliphatic carbocycles. The molecular formula is C22H16ClN. The Morgan fingerprint density at radius 1 is 0.792 bits per heavy atom. The van der Waals surface area contributed by atoms with Gasteiger partial charge in [-0.25, -0.2) is 0 Å². The van der Waals surface area contributed by atoms with E-state index in [-0.39, 0.29) is 5.41 Å². The maximum absolute atomic E-state index is 9.21. The molecule has 0 radical (unpaired) electrons. The van der Waals surface area contributed by atoms with Gasteiger partial charge < -0.3 is 0 Å². The summed E-state index contributed by atoms with van der Waals surface area (Å²) in [7, 11) is 0. The first-order valence-corrected chi connectivity index (χ1v) is 8.34. The van der Waals surface area contributed by atoms with Crippen LogP contribution in [0.15, 0.2) is 60.7 Å². The molecular weight excluding hydrogens is 314 g/mol. The van der Waals surface area contributed by atoms with Gasteiger partial charge in [0.05, 0.1) is 11.6 Å². The molecule has 0 amide bonds. The van der Waals surface area contributed by atoms with Crippen molar-refractivity contribution < 1.29 is 0 Å². The lowest BCUT2D eigenvalue weighted by atomic mass is 9.81. The Hall–Kier alpha value is -2.56. The fourth-order valence-corrected chi connectivity index (χ4v) is 3.75. The molecule has 0 fully saturated rings. The van der Waals surface area contributed by atoms with E-state index < -0.39 is 0 Å². The number of benzene rings is 3. The zero-order chi connectivity index (χ0) is 16.9. The van der Waals surface area contributed by atoms with Crippen molar-refractivity contribution >= 4 is 11.6 Å². The third kappa shape index (κ3) is 2.15. The van der Waals surface area contributed by atoms with Crippen molar-refractivity contribution in [1.29, 1.82) is 5.26 Å². The van der Waals surface area contributed by atoms with E-state index in [1.54, 1.807) is 0 Å². The zero-order valence-corrected chi connectivity index (χ0v) is 14.4. The van der Waals surface area contributed by atoms with Gasteiger partial charge in [-0.1, -0.05) is 55.8 Å². The van der Waals surface area contributed by atoms with E-state index in [1.165, 1.54) is 27.8 Å². The van der Waals surface area contributed by atoms with Crippen LogP contribution < -0.4 is 0 Å². The van der Waals surface area contributed by atoms with E-state index in [4.69, 9.17) is 11.6 Å². The van der Waals surface area contributed by atoms with Gasteiger partial charge >= 0.3 is 0 Å². The van der Waals surface area contributed by atoms with Crippen molar-refractivity contribution in [1.82, 2.24) is 0 Å². The van der Waals surface area contributed by atoms with Gasteiger partial charge in [-0.15, -0.1) is 0 Å². The van der Waals surface area contributed by atoms with Crippen LogP contribution in [0.1, 0.15) is 30.5 Å². The van der Waals surface area contributed by atoms with Gasteiger partial charge in [0.15, 0.2) is 0 Å². The highest BCUT2D eigenvalue weighted by molar-refractivity contribution is 6.30. The number of fused-ring (bicyclic) bond motifs is 3. The topological polar surface area (TPSA) is 23.8 Å². The van der Waals surface area contributed by atoms with Gasteiger partial charge in [0, 0.05) is 10.4 Å². The van der Waals surface area contributed by atoms with Gasteiger partial charge in [0.1, 0.15) is 0 Å². The van der Waals surface area contributed by atoms with E-state index in [2.05, 4.69) is 44.2 Å². The third-order valence-electron chi connectivity index (χ3n) is 4.98. The molecule has 0 unspecified atom stereocenters. The van der Waals surface area contributed by atoms with Crippen LogP contribution in [0.25, 0.3) is 22.3 Å². The Morgan fingerprint density at radius 2 is 1.38 bits per heavy atom. The van der Waals surface area contributed by atoms with Crippen LogP contribution in [0.3, 0.4) is 0 Å². The average Bonchev–Trinajstić information content (AvgIpc) is 2.82. The molecule has 1 aliphatic rings. The monoisotopic (exact) mass is 329 g/mol. The lowest BCUT2D eigenvalue weighted by molar-refractivity contribution is 0.660. The quantitative estimate of drug-likeness (QED) is 0.522. The van der Waals surface area contributed by atoms with E-state index in [0.29, 0.717) is 5.56 Å².